The lowest BCUT2D eigenvalue weighted by molar-refractivity contribution is 0.119. The van der Waals surface area contributed by atoms with Gasteiger partial charge in [0, 0.05) is 37.3 Å². The summed E-state index contributed by atoms with van der Waals surface area (Å²) >= 11 is 0. The molecule has 1 aliphatic heterocycles. The van der Waals surface area contributed by atoms with Crippen LogP contribution in [-0.2, 0) is 0 Å². The molecule has 4 atom stereocenters. The van der Waals surface area contributed by atoms with Crippen LogP contribution in [-0.4, -0.2) is 42.2 Å². The molecule has 3 nitrogen and oxygen atoms in total. The highest BCUT2D eigenvalue weighted by molar-refractivity contribution is 4.86. The van der Waals surface area contributed by atoms with E-state index in [0.29, 0.717) is 18.1 Å². The van der Waals surface area contributed by atoms with Crippen LogP contribution in [0.5, 0.6) is 0 Å². The zero-order chi connectivity index (χ0) is 10.0. The molecule has 1 rings (SSSR count). The van der Waals surface area contributed by atoms with Gasteiger partial charge in [0.1, 0.15) is 0 Å². The topological polar surface area (TPSA) is 41.3 Å². The van der Waals surface area contributed by atoms with E-state index in [2.05, 4.69) is 37.9 Å². The van der Waals surface area contributed by atoms with E-state index in [1.807, 2.05) is 0 Å². The van der Waals surface area contributed by atoms with Crippen molar-refractivity contribution >= 4 is 0 Å². The number of hydrogen-bond donors (Lipinski definition) is 2. The average molecular weight is 185 g/mol. The monoisotopic (exact) mass is 185 g/mol. The van der Waals surface area contributed by atoms with E-state index < -0.39 is 0 Å². The Labute approximate surface area is 81.7 Å². The highest BCUT2D eigenvalue weighted by Gasteiger charge is 2.25. The van der Waals surface area contributed by atoms with Gasteiger partial charge in [-0.15, -0.1) is 0 Å². The third-order valence-electron chi connectivity index (χ3n) is 2.92. The van der Waals surface area contributed by atoms with Gasteiger partial charge in [-0.2, -0.15) is 0 Å². The Kier molecular flexibility index (Phi) is 3.71. The lowest BCUT2D eigenvalue weighted by atomic mass is 10.1. The summed E-state index contributed by atoms with van der Waals surface area (Å²) in [5, 5.41) is 3.52. The second kappa shape index (κ2) is 4.40. The van der Waals surface area contributed by atoms with E-state index in [0.717, 1.165) is 13.1 Å². The molecule has 1 heterocycles. The molecule has 1 aliphatic rings. The predicted octanol–water partition coefficient (Wildman–Crippen LogP) is 0.404. The lowest BCUT2D eigenvalue weighted by Gasteiger charge is -2.40. The summed E-state index contributed by atoms with van der Waals surface area (Å²) in [6.45, 7) is 11.0. The summed E-state index contributed by atoms with van der Waals surface area (Å²) in [6, 6.07) is 1.93. The zero-order valence-corrected chi connectivity index (χ0v) is 9.25. The molecule has 3 N–H and O–H groups in total. The fraction of sp³-hybridized carbons (Fsp3) is 1.00. The van der Waals surface area contributed by atoms with Gasteiger partial charge >= 0.3 is 0 Å². The van der Waals surface area contributed by atoms with Crippen molar-refractivity contribution in [2.75, 3.05) is 13.1 Å². The van der Waals surface area contributed by atoms with Crippen molar-refractivity contribution in [1.29, 1.82) is 0 Å². The molecular formula is C10H23N3. The van der Waals surface area contributed by atoms with Crippen molar-refractivity contribution in [3.63, 3.8) is 0 Å². The SMILES string of the molecule is CC1CN(C(C)C(C)N)CC(C)N1. The normalized spacial score (nSPS) is 35.8. The Balaban J connectivity index is 2.49. The first-order valence-corrected chi connectivity index (χ1v) is 5.26. The lowest BCUT2D eigenvalue weighted by Crippen LogP contribution is -2.59. The summed E-state index contributed by atoms with van der Waals surface area (Å²) in [6.07, 6.45) is 0. The Bertz CT molecular complexity index is 148. The third kappa shape index (κ3) is 2.93. The summed E-state index contributed by atoms with van der Waals surface area (Å²) in [7, 11) is 0. The van der Waals surface area contributed by atoms with Gasteiger partial charge in [-0.05, 0) is 27.7 Å². The predicted molar refractivity (Wildman–Crippen MR) is 56.7 cm³/mol. The molecule has 0 saturated carbocycles. The fourth-order valence-corrected chi connectivity index (χ4v) is 2.03. The minimum atomic E-state index is 0.262. The van der Waals surface area contributed by atoms with Crippen LogP contribution < -0.4 is 11.1 Å². The molecule has 78 valence electrons. The molecule has 0 aliphatic carbocycles. The molecule has 0 aromatic heterocycles. The van der Waals surface area contributed by atoms with Gasteiger partial charge in [0.15, 0.2) is 0 Å². The van der Waals surface area contributed by atoms with Crippen LogP contribution in [0.15, 0.2) is 0 Å². The Morgan fingerprint density at radius 1 is 1.23 bits per heavy atom. The molecule has 0 spiro atoms. The molecule has 0 aromatic carbocycles. The van der Waals surface area contributed by atoms with E-state index in [9.17, 15) is 0 Å². The molecule has 0 radical (unpaired) electrons. The second-order valence-corrected chi connectivity index (χ2v) is 4.52. The van der Waals surface area contributed by atoms with Crippen LogP contribution in [0.3, 0.4) is 0 Å². The van der Waals surface area contributed by atoms with E-state index in [1.54, 1.807) is 0 Å². The highest BCUT2D eigenvalue weighted by Crippen LogP contribution is 2.09. The maximum Gasteiger partial charge on any atom is 0.0217 e. The van der Waals surface area contributed by atoms with Gasteiger partial charge in [0.25, 0.3) is 0 Å². The van der Waals surface area contributed by atoms with Crippen LogP contribution in [0.25, 0.3) is 0 Å². The van der Waals surface area contributed by atoms with Gasteiger partial charge in [0.2, 0.25) is 0 Å². The quantitative estimate of drug-likeness (QED) is 0.654. The fourth-order valence-electron chi connectivity index (χ4n) is 2.03. The van der Waals surface area contributed by atoms with Crippen LogP contribution >= 0.6 is 0 Å². The first kappa shape index (κ1) is 11.0. The minimum absolute atomic E-state index is 0.262. The van der Waals surface area contributed by atoms with Gasteiger partial charge < -0.3 is 11.1 Å². The molecule has 1 fully saturated rings. The number of hydrogen-bond acceptors (Lipinski definition) is 3. The summed E-state index contributed by atoms with van der Waals surface area (Å²) in [5.74, 6) is 0. The van der Waals surface area contributed by atoms with E-state index in [4.69, 9.17) is 5.73 Å². The van der Waals surface area contributed by atoms with Crippen molar-refractivity contribution < 1.29 is 0 Å². The Hall–Kier alpha value is -0.120. The molecule has 4 unspecified atom stereocenters. The van der Waals surface area contributed by atoms with E-state index in [-0.39, 0.29) is 6.04 Å². The first-order valence-electron chi connectivity index (χ1n) is 5.26. The number of piperazine rings is 1. The van der Waals surface area contributed by atoms with Crippen molar-refractivity contribution in [3.05, 3.63) is 0 Å². The summed E-state index contributed by atoms with van der Waals surface area (Å²) in [4.78, 5) is 2.48. The van der Waals surface area contributed by atoms with Gasteiger partial charge in [0.05, 0.1) is 0 Å². The van der Waals surface area contributed by atoms with Crippen LogP contribution in [0.2, 0.25) is 0 Å². The van der Waals surface area contributed by atoms with Crippen LogP contribution in [0, 0.1) is 0 Å². The largest absolute Gasteiger partial charge is 0.327 e. The molecule has 0 bridgehead atoms. The van der Waals surface area contributed by atoms with Gasteiger partial charge in [-0.1, -0.05) is 0 Å². The summed E-state index contributed by atoms with van der Waals surface area (Å²) in [5.41, 5.74) is 5.90. The zero-order valence-electron chi connectivity index (χ0n) is 9.25. The molecule has 13 heavy (non-hydrogen) atoms. The molecule has 1 saturated heterocycles. The number of rotatable bonds is 2. The second-order valence-electron chi connectivity index (χ2n) is 4.52. The van der Waals surface area contributed by atoms with Gasteiger partial charge in [-0.25, -0.2) is 0 Å². The Morgan fingerprint density at radius 2 is 1.69 bits per heavy atom. The number of nitrogens with one attached hydrogen (secondary N) is 1. The van der Waals surface area contributed by atoms with Crippen LogP contribution in [0.4, 0.5) is 0 Å². The molecular weight excluding hydrogens is 162 g/mol. The van der Waals surface area contributed by atoms with Crippen molar-refractivity contribution in [2.45, 2.75) is 51.9 Å². The highest BCUT2D eigenvalue weighted by atomic mass is 15.2. The van der Waals surface area contributed by atoms with Gasteiger partial charge in [-0.3, -0.25) is 4.90 Å². The molecule has 0 amide bonds. The number of nitrogens with zero attached hydrogens (tertiary/aromatic N) is 1. The minimum Gasteiger partial charge on any atom is -0.327 e. The van der Waals surface area contributed by atoms with E-state index in [1.165, 1.54) is 0 Å². The smallest absolute Gasteiger partial charge is 0.0217 e. The average Bonchev–Trinajstić information content (AvgIpc) is 2.01. The standard InChI is InChI=1S/C10H23N3/c1-7-5-13(6-8(2)12-7)10(4)9(3)11/h7-10,12H,5-6,11H2,1-4H3. The van der Waals surface area contributed by atoms with Crippen molar-refractivity contribution in [2.24, 2.45) is 5.73 Å². The molecule has 3 heteroatoms. The summed E-state index contributed by atoms with van der Waals surface area (Å²) < 4.78 is 0. The Morgan fingerprint density at radius 3 is 2.08 bits per heavy atom. The van der Waals surface area contributed by atoms with Crippen molar-refractivity contribution in [3.8, 4) is 0 Å². The third-order valence-corrected chi connectivity index (χ3v) is 2.92. The molecule has 0 aromatic rings. The van der Waals surface area contributed by atoms with E-state index >= 15 is 0 Å². The maximum atomic E-state index is 5.90. The maximum absolute atomic E-state index is 5.90. The first-order chi connectivity index (χ1) is 6.00. The van der Waals surface area contributed by atoms with Crippen molar-refractivity contribution in [1.82, 2.24) is 10.2 Å². The van der Waals surface area contributed by atoms with Crippen LogP contribution in [0.1, 0.15) is 27.7 Å². The number of nitrogens with two attached hydrogens (primary N) is 1.